The number of benzene rings is 1. The van der Waals surface area contributed by atoms with Gasteiger partial charge in [0, 0.05) is 22.7 Å². The summed E-state index contributed by atoms with van der Waals surface area (Å²) in [5, 5.41) is 18.7. The van der Waals surface area contributed by atoms with E-state index in [1.807, 2.05) is 0 Å². The number of aliphatic hydroxyl groups is 1. The summed E-state index contributed by atoms with van der Waals surface area (Å²) in [6.07, 6.45) is -2.43. The van der Waals surface area contributed by atoms with Gasteiger partial charge in [-0.05, 0) is 18.4 Å². The maximum atomic E-state index is 14.3. The van der Waals surface area contributed by atoms with Crippen molar-refractivity contribution in [2.45, 2.75) is 23.1 Å². The molecule has 3 rings (SSSR count). The highest BCUT2D eigenvalue weighted by Gasteiger charge is 2.58. The van der Waals surface area contributed by atoms with Gasteiger partial charge in [-0.3, -0.25) is 0 Å². The van der Waals surface area contributed by atoms with Crippen molar-refractivity contribution in [2.24, 2.45) is 0 Å². The van der Waals surface area contributed by atoms with Crippen LogP contribution < -0.4 is 4.74 Å². The molecule has 0 radical (unpaired) electrons. The van der Waals surface area contributed by atoms with Crippen molar-refractivity contribution in [3.63, 3.8) is 0 Å². The molecule has 9 heteroatoms. The van der Waals surface area contributed by atoms with Gasteiger partial charge in [0.25, 0.3) is 0 Å². The third-order valence-electron chi connectivity index (χ3n) is 3.75. The van der Waals surface area contributed by atoms with Crippen LogP contribution >= 0.6 is 11.8 Å². The minimum atomic E-state index is -4.03. The van der Waals surface area contributed by atoms with Gasteiger partial charge in [0.1, 0.15) is 17.7 Å². The summed E-state index contributed by atoms with van der Waals surface area (Å²) in [6.45, 7) is 0. The Balaban J connectivity index is 2.12. The van der Waals surface area contributed by atoms with Crippen LogP contribution in [0.25, 0.3) is 0 Å². The highest BCUT2D eigenvalue weighted by atomic mass is 32.2. The van der Waals surface area contributed by atoms with E-state index in [9.17, 15) is 22.7 Å². The largest absolute Gasteiger partial charge is 0.438 e. The molecular weight excluding hydrogens is 360 g/mol. The van der Waals surface area contributed by atoms with Gasteiger partial charge in [-0.15, -0.1) is 11.8 Å². The predicted octanol–water partition coefficient (Wildman–Crippen LogP) is 4.30. The molecule has 130 valence electrons. The van der Waals surface area contributed by atoms with Crippen LogP contribution in [0.3, 0.4) is 0 Å². The molecule has 1 aliphatic rings. The van der Waals surface area contributed by atoms with Crippen molar-refractivity contribution in [1.29, 1.82) is 5.26 Å². The molecule has 4 nitrogen and oxygen atoms in total. The van der Waals surface area contributed by atoms with Gasteiger partial charge in [-0.2, -0.15) is 14.0 Å². The number of thioether (sulfide) groups is 1. The van der Waals surface area contributed by atoms with E-state index in [4.69, 9.17) is 10.00 Å². The average Bonchev–Trinajstić information content (AvgIpc) is 2.76. The third-order valence-corrected chi connectivity index (χ3v) is 4.51. The van der Waals surface area contributed by atoms with Crippen LogP contribution in [0, 0.1) is 17.1 Å². The van der Waals surface area contributed by atoms with E-state index in [0.717, 1.165) is 30.0 Å². The van der Waals surface area contributed by atoms with Gasteiger partial charge >= 0.3 is 5.92 Å². The zero-order chi connectivity index (χ0) is 18.4. The average molecular weight is 370 g/mol. The fourth-order valence-corrected chi connectivity index (χ4v) is 3.20. The Morgan fingerprint density at radius 2 is 2.04 bits per heavy atom. The zero-order valence-electron chi connectivity index (χ0n) is 12.6. The summed E-state index contributed by atoms with van der Waals surface area (Å²) < 4.78 is 60.9. The van der Waals surface area contributed by atoms with Gasteiger partial charge in [-0.1, -0.05) is 0 Å². The van der Waals surface area contributed by atoms with Gasteiger partial charge in [0.15, 0.2) is 6.17 Å². The molecule has 2 atom stereocenters. The molecule has 1 N–H and O–H groups in total. The first-order valence-corrected chi connectivity index (χ1v) is 8.17. The standard InChI is InChI=1S/C16H10F4N2O2S/c1-25-10-6-22-15(12-11(10)14(23)16(19,20)13(12)18)24-9-3-7(5-21)2-8(17)4-9/h2-4,6,13-14,23H,1H3/t13-,14-/m0/s1. The van der Waals surface area contributed by atoms with E-state index >= 15 is 0 Å². The Hall–Kier alpha value is -2.31. The molecule has 1 heterocycles. The number of halogens is 4. The number of aliphatic hydroxyl groups excluding tert-OH is 1. The normalized spacial score (nSPS) is 20.8. The first-order valence-electron chi connectivity index (χ1n) is 6.94. The Kier molecular flexibility index (Phi) is 4.34. The molecule has 0 fully saturated rings. The van der Waals surface area contributed by atoms with Crippen LogP contribution in [0.4, 0.5) is 17.6 Å². The monoisotopic (exact) mass is 370 g/mol. The minimum absolute atomic E-state index is 0.0606. The van der Waals surface area contributed by atoms with Gasteiger partial charge in [-0.25, -0.2) is 13.8 Å². The molecule has 0 aliphatic heterocycles. The quantitative estimate of drug-likeness (QED) is 0.645. The first kappa shape index (κ1) is 17.5. The number of ether oxygens (including phenoxy) is 1. The fourth-order valence-electron chi connectivity index (χ4n) is 2.60. The Labute approximate surface area is 144 Å². The number of rotatable bonds is 3. The number of hydrogen-bond donors (Lipinski definition) is 1. The van der Waals surface area contributed by atoms with Gasteiger partial charge in [0.05, 0.1) is 17.2 Å². The molecular formula is C16H10F4N2O2S. The molecule has 0 amide bonds. The summed E-state index contributed by atoms with van der Waals surface area (Å²) in [5.74, 6) is -5.52. The van der Waals surface area contributed by atoms with E-state index in [1.54, 1.807) is 12.3 Å². The number of nitriles is 1. The van der Waals surface area contributed by atoms with Crippen molar-refractivity contribution < 1.29 is 27.4 Å². The summed E-state index contributed by atoms with van der Waals surface area (Å²) in [6, 6.07) is 4.75. The molecule has 0 saturated heterocycles. The molecule has 0 bridgehead atoms. The summed E-state index contributed by atoms with van der Waals surface area (Å²) in [5.41, 5.74) is -0.937. The second-order valence-electron chi connectivity index (χ2n) is 5.29. The van der Waals surface area contributed by atoms with Gasteiger partial charge in [0.2, 0.25) is 5.88 Å². The zero-order valence-corrected chi connectivity index (χ0v) is 13.5. The Bertz CT molecular complexity index is 885. The molecule has 1 aromatic heterocycles. The third kappa shape index (κ3) is 2.81. The lowest BCUT2D eigenvalue weighted by Gasteiger charge is -2.16. The molecule has 0 saturated carbocycles. The second-order valence-corrected chi connectivity index (χ2v) is 6.14. The number of hydrogen-bond acceptors (Lipinski definition) is 5. The van der Waals surface area contributed by atoms with Crippen molar-refractivity contribution in [3.8, 4) is 17.7 Å². The van der Waals surface area contributed by atoms with E-state index in [0.29, 0.717) is 0 Å². The van der Waals surface area contributed by atoms with E-state index in [-0.39, 0.29) is 21.8 Å². The smallest absolute Gasteiger partial charge is 0.312 e. The lowest BCUT2D eigenvalue weighted by molar-refractivity contribution is -0.143. The number of alkyl halides is 3. The highest BCUT2D eigenvalue weighted by Crippen LogP contribution is 2.57. The van der Waals surface area contributed by atoms with Crippen LogP contribution in [0.2, 0.25) is 0 Å². The molecule has 1 aromatic carbocycles. The molecule has 25 heavy (non-hydrogen) atoms. The molecule has 1 aliphatic carbocycles. The lowest BCUT2D eigenvalue weighted by atomic mass is 10.1. The summed E-state index contributed by atoms with van der Waals surface area (Å²) >= 11 is 1.02. The maximum absolute atomic E-state index is 14.3. The van der Waals surface area contributed by atoms with Crippen LogP contribution in [-0.2, 0) is 0 Å². The molecule has 0 unspecified atom stereocenters. The summed E-state index contributed by atoms with van der Waals surface area (Å²) in [7, 11) is 0. The summed E-state index contributed by atoms with van der Waals surface area (Å²) in [4.78, 5) is 4.01. The molecule has 2 aromatic rings. The highest BCUT2D eigenvalue weighted by molar-refractivity contribution is 7.98. The topological polar surface area (TPSA) is 66.1 Å². The minimum Gasteiger partial charge on any atom is -0.438 e. The van der Waals surface area contributed by atoms with Crippen molar-refractivity contribution in [3.05, 3.63) is 46.9 Å². The number of aromatic nitrogens is 1. The van der Waals surface area contributed by atoms with Crippen LogP contribution in [0.1, 0.15) is 29.0 Å². The second kappa shape index (κ2) is 6.20. The van der Waals surface area contributed by atoms with Crippen molar-refractivity contribution >= 4 is 11.8 Å². The number of nitrogens with zero attached hydrogens (tertiary/aromatic N) is 2. The predicted molar refractivity (Wildman–Crippen MR) is 81.0 cm³/mol. The number of pyridine rings is 1. The van der Waals surface area contributed by atoms with Crippen molar-refractivity contribution in [1.82, 2.24) is 4.98 Å². The molecule has 0 spiro atoms. The van der Waals surface area contributed by atoms with Crippen molar-refractivity contribution in [2.75, 3.05) is 6.26 Å². The van der Waals surface area contributed by atoms with Gasteiger partial charge < -0.3 is 9.84 Å². The van der Waals surface area contributed by atoms with E-state index in [2.05, 4.69) is 4.98 Å². The lowest BCUT2D eigenvalue weighted by Crippen LogP contribution is -2.24. The fraction of sp³-hybridized carbons (Fsp3) is 0.250. The van der Waals surface area contributed by atoms with E-state index < -0.39 is 35.5 Å². The van der Waals surface area contributed by atoms with Crippen LogP contribution in [0.5, 0.6) is 11.6 Å². The Morgan fingerprint density at radius 1 is 1.32 bits per heavy atom. The SMILES string of the molecule is CSc1cnc(Oc2cc(F)cc(C#N)c2)c2c1[C@H](O)C(F)(F)[C@H]2F. The first-order chi connectivity index (χ1) is 11.8. The van der Waals surface area contributed by atoms with Crippen LogP contribution in [-0.4, -0.2) is 22.3 Å². The number of fused-ring (bicyclic) bond motifs is 1. The maximum Gasteiger partial charge on any atom is 0.312 e. The Morgan fingerprint density at radius 3 is 2.68 bits per heavy atom. The van der Waals surface area contributed by atoms with Crippen LogP contribution in [0.15, 0.2) is 29.3 Å². The van der Waals surface area contributed by atoms with E-state index in [1.165, 1.54) is 6.20 Å².